The molecule has 74 valence electrons. The minimum Gasteiger partial charge on any atom is -0.238 e. The Bertz CT molecular complexity index is 134. The van der Waals surface area contributed by atoms with Gasteiger partial charge in [0.2, 0.25) is 0 Å². The zero-order chi connectivity index (χ0) is 9.94. The standard InChI is InChI=1S/C6H8F6/c1-2-6(11,12)4(8)3(7)5(9)10/h3-5H,2H2,1H3/t3?,4-/m0/s1. The summed E-state index contributed by atoms with van der Waals surface area (Å²) < 4.78 is 71.4. The minimum atomic E-state index is -4.02. The summed E-state index contributed by atoms with van der Waals surface area (Å²) in [4.78, 5) is 0. The fraction of sp³-hybridized carbons (Fsp3) is 1.00. The Kier molecular flexibility index (Phi) is 3.86. The molecule has 0 aliphatic rings. The summed E-state index contributed by atoms with van der Waals surface area (Å²) in [5, 5.41) is 0. The molecule has 6 heteroatoms. The van der Waals surface area contributed by atoms with Crippen molar-refractivity contribution in [2.45, 2.75) is 38.0 Å². The quantitative estimate of drug-likeness (QED) is 0.603. The fourth-order valence-electron chi connectivity index (χ4n) is 0.556. The number of rotatable bonds is 4. The molecule has 0 nitrogen and oxygen atoms in total. The molecule has 0 fully saturated rings. The van der Waals surface area contributed by atoms with Gasteiger partial charge in [0.15, 0.2) is 12.3 Å². The molecular formula is C6H8F6. The van der Waals surface area contributed by atoms with Crippen molar-refractivity contribution in [2.75, 3.05) is 0 Å². The van der Waals surface area contributed by atoms with Crippen molar-refractivity contribution in [1.29, 1.82) is 0 Å². The topological polar surface area (TPSA) is 0 Å². The van der Waals surface area contributed by atoms with Gasteiger partial charge in [-0.15, -0.1) is 0 Å². The van der Waals surface area contributed by atoms with Gasteiger partial charge in [-0.3, -0.25) is 0 Å². The SMILES string of the molecule is CCC(F)(F)[C@@H](F)C(F)C(F)F. The van der Waals surface area contributed by atoms with Crippen LogP contribution in [0.4, 0.5) is 26.3 Å². The molecule has 1 unspecified atom stereocenters. The molecule has 0 heterocycles. The summed E-state index contributed by atoms with van der Waals surface area (Å²) >= 11 is 0. The van der Waals surface area contributed by atoms with E-state index in [9.17, 15) is 26.3 Å². The Morgan fingerprint density at radius 1 is 1.08 bits per heavy atom. The average Bonchev–Trinajstić information content (AvgIpc) is 2.01. The molecule has 0 rings (SSSR count). The zero-order valence-corrected chi connectivity index (χ0v) is 6.21. The van der Waals surface area contributed by atoms with Crippen LogP contribution in [0, 0.1) is 0 Å². The highest BCUT2D eigenvalue weighted by Gasteiger charge is 2.47. The Hall–Kier alpha value is -0.420. The predicted molar refractivity (Wildman–Crippen MR) is 31.0 cm³/mol. The first-order valence-electron chi connectivity index (χ1n) is 3.27. The van der Waals surface area contributed by atoms with Crippen LogP contribution in [-0.2, 0) is 0 Å². The summed E-state index contributed by atoms with van der Waals surface area (Å²) in [5.41, 5.74) is 0. The van der Waals surface area contributed by atoms with Gasteiger partial charge in [0, 0.05) is 6.42 Å². The van der Waals surface area contributed by atoms with Crippen LogP contribution in [0.3, 0.4) is 0 Å². The second-order valence-electron chi connectivity index (χ2n) is 2.30. The highest BCUT2D eigenvalue weighted by Crippen LogP contribution is 2.30. The van der Waals surface area contributed by atoms with Gasteiger partial charge in [0.25, 0.3) is 12.3 Å². The van der Waals surface area contributed by atoms with Gasteiger partial charge in [-0.25, -0.2) is 26.3 Å². The van der Waals surface area contributed by atoms with Crippen molar-refractivity contribution in [1.82, 2.24) is 0 Å². The number of hydrogen-bond donors (Lipinski definition) is 0. The zero-order valence-electron chi connectivity index (χ0n) is 6.21. The molecular weight excluding hydrogens is 186 g/mol. The van der Waals surface area contributed by atoms with Crippen LogP contribution in [0.25, 0.3) is 0 Å². The molecule has 12 heavy (non-hydrogen) atoms. The van der Waals surface area contributed by atoms with Crippen molar-refractivity contribution in [3.63, 3.8) is 0 Å². The maximum absolute atomic E-state index is 12.2. The van der Waals surface area contributed by atoms with E-state index < -0.39 is 31.1 Å². The highest BCUT2D eigenvalue weighted by atomic mass is 19.3. The second kappa shape index (κ2) is 4.00. The maximum atomic E-state index is 12.2. The van der Waals surface area contributed by atoms with Crippen LogP contribution in [-0.4, -0.2) is 24.7 Å². The molecule has 0 saturated carbocycles. The van der Waals surface area contributed by atoms with E-state index >= 15 is 0 Å². The Morgan fingerprint density at radius 2 is 1.50 bits per heavy atom. The molecule has 0 aromatic carbocycles. The first-order valence-corrected chi connectivity index (χ1v) is 3.27. The Balaban J connectivity index is 4.27. The van der Waals surface area contributed by atoms with Gasteiger partial charge in [0.05, 0.1) is 0 Å². The third kappa shape index (κ3) is 2.57. The fourth-order valence-corrected chi connectivity index (χ4v) is 0.556. The summed E-state index contributed by atoms with van der Waals surface area (Å²) in [6.45, 7) is 0.894. The van der Waals surface area contributed by atoms with Gasteiger partial charge in [-0.2, -0.15) is 0 Å². The van der Waals surface area contributed by atoms with Crippen LogP contribution < -0.4 is 0 Å². The van der Waals surface area contributed by atoms with Gasteiger partial charge in [0.1, 0.15) is 0 Å². The smallest absolute Gasteiger partial charge is 0.238 e. The van der Waals surface area contributed by atoms with Crippen molar-refractivity contribution in [3.05, 3.63) is 0 Å². The normalized spacial score (nSPS) is 18.0. The lowest BCUT2D eigenvalue weighted by Gasteiger charge is -2.21. The van der Waals surface area contributed by atoms with E-state index in [1.54, 1.807) is 0 Å². The Morgan fingerprint density at radius 3 is 1.75 bits per heavy atom. The lowest BCUT2D eigenvalue weighted by atomic mass is 10.1. The molecule has 0 spiro atoms. The lowest BCUT2D eigenvalue weighted by molar-refractivity contribution is -0.128. The third-order valence-electron chi connectivity index (χ3n) is 1.40. The van der Waals surface area contributed by atoms with Crippen LogP contribution in [0.1, 0.15) is 13.3 Å². The van der Waals surface area contributed by atoms with Gasteiger partial charge in [-0.1, -0.05) is 6.92 Å². The maximum Gasteiger partial charge on any atom is 0.281 e. The highest BCUT2D eigenvalue weighted by molar-refractivity contribution is 4.83. The van der Waals surface area contributed by atoms with E-state index in [4.69, 9.17) is 0 Å². The third-order valence-corrected chi connectivity index (χ3v) is 1.40. The summed E-state index contributed by atoms with van der Waals surface area (Å²) in [5.74, 6) is -4.02. The van der Waals surface area contributed by atoms with Crippen molar-refractivity contribution in [2.24, 2.45) is 0 Å². The molecule has 0 N–H and O–H groups in total. The lowest BCUT2D eigenvalue weighted by Crippen LogP contribution is -2.40. The molecule has 2 atom stereocenters. The van der Waals surface area contributed by atoms with Crippen LogP contribution in [0.2, 0.25) is 0 Å². The van der Waals surface area contributed by atoms with Crippen molar-refractivity contribution in [3.8, 4) is 0 Å². The number of alkyl halides is 6. The summed E-state index contributed by atoms with van der Waals surface area (Å²) in [6.07, 6.45) is -11.6. The monoisotopic (exact) mass is 194 g/mol. The van der Waals surface area contributed by atoms with E-state index in [-0.39, 0.29) is 0 Å². The van der Waals surface area contributed by atoms with Crippen LogP contribution in [0.15, 0.2) is 0 Å². The van der Waals surface area contributed by atoms with Gasteiger partial charge in [-0.05, 0) is 0 Å². The molecule has 0 aliphatic carbocycles. The first kappa shape index (κ1) is 11.6. The molecule has 0 radical (unpaired) electrons. The second-order valence-corrected chi connectivity index (χ2v) is 2.30. The molecule has 0 amide bonds. The van der Waals surface area contributed by atoms with E-state index in [0.717, 1.165) is 6.92 Å². The molecule has 0 aromatic rings. The van der Waals surface area contributed by atoms with E-state index in [2.05, 4.69) is 0 Å². The van der Waals surface area contributed by atoms with Gasteiger partial charge >= 0.3 is 0 Å². The van der Waals surface area contributed by atoms with Crippen molar-refractivity contribution >= 4 is 0 Å². The van der Waals surface area contributed by atoms with Gasteiger partial charge < -0.3 is 0 Å². The molecule has 0 aliphatic heterocycles. The molecule has 0 aromatic heterocycles. The van der Waals surface area contributed by atoms with E-state index in [0.29, 0.717) is 0 Å². The largest absolute Gasteiger partial charge is 0.281 e. The molecule has 0 bridgehead atoms. The van der Waals surface area contributed by atoms with E-state index in [1.165, 1.54) is 0 Å². The minimum absolute atomic E-state index is 0.894. The number of hydrogen-bond acceptors (Lipinski definition) is 0. The first-order chi connectivity index (χ1) is 5.33. The predicted octanol–water partition coefficient (Wildman–Crippen LogP) is 2.97. The Labute approximate surface area is 65.6 Å². The van der Waals surface area contributed by atoms with Crippen LogP contribution >= 0.6 is 0 Å². The summed E-state index contributed by atoms with van der Waals surface area (Å²) in [7, 11) is 0. The number of halogens is 6. The van der Waals surface area contributed by atoms with Crippen molar-refractivity contribution < 1.29 is 26.3 Å². The molecule has 0 saturated heterocycles. The average molecular weight is 194 g/mol. The van der Waals surface area contributed by atoms with Crippen LogP contribution in [0.5, 0.6) is 0 Å². The van der Waals surface area contributed by atoms with E-state index in [1.807, 2.05) is 0 Å². The summed E-state index contributed by atoms with van der Waals surface area (Å²) in [6, 6.07) is 0.